The molecule has 0 fully saturated rings. The summed E-state index contributed by atoms with van der Waals surface area (Å²) in [6.07, 6.45) is -8.45. The predicted octanol–water partition coefficient (Wildman–Crippen LogP) is 3.46. The van der Waals surface area contributed by atoms with Crippen molar-refractivity contribution in [2.75, 3.05) is 0 Å². The first-order chi connectivity index (χ1) is 7.27. The molecule has 0 bridgehead atoms. The van der Waals surface area contributed by atoms with E-state index in [-0.39, 0.29) is 9.99 Å². The zero-order chi connectivity index (χ0) is 12.5. The number of halogens is 6. The normalized spacial score (nSPS) is 11.9. The molecule has 1 rings (SSSR count). The van der Waals surface area contributed by atoms with Gasteiger partial charge < -0.3 is 0 Å². The Hall–Kier alpha value is -0.800. The van der Waals surface area contributed by atoms with Crippen molar-refractivity contribution in [3.05, 3.63) is 26.6 Å². The Labute approximate surface area is 100.0 Å². The van der Waals surface area contributed by atoms with Crippen LogP contribution in [-0.4, -0.2) is 11.3 Å². The van der Waals surface area contributed by atoms with E-state index in [1.54, 1.807) is 0 Å². The lowest BCUT2D eigenvalue weighted by molar-refractivity contribution is -0.143. The summed E-state index contributed by atoms with van der Waals surface area (Å²) in [4.78, 5) is 13.4. The summed E-state index contributed by atoms with van der Waals surface area (Å²) < 4.78 is 61.9. The summed E-state index contributed by atoms with van der Waals surface area (Å²) in [5.74, 6) is 0. The number of alkyl halides is 5. The van der Waals surface area contributed by atoms with Gasteiger partial charge in [-0.2, -0.15) is 13.2 Å². The minimum Gasteiger partial charge on any atom is -0.298 e. The van der Waals surface area contributed by atoms with Crippen LogP contribution in [0.25, 0.3) is 0 Å². The number of hydrogen-bond acceptors (Lipinski definition) is 2. The van der Waals surface area contributed by atoms with Gasteiger partial charge in [0, 0.05) is 5.56 Å². The van der Waals surface area contributed by atoms with Gasteiger partial charge in [-0.3, -0.25) is 4.79 Å². The second-order valence-corrected chi connectivity index (χ2v) is 3.82. The van der Waals surface area contributed by atoms with Crippen LogP contribution in [0.5, 0.6) is 0 Å². The largest absolute Gasteiger partial charge is 0.433 e. The number of pyridine rings is 1. The predicted molar refractivity (Wildman–Crippen MR) is 52.3 cm³/mol. The highest BCUT2D eigenvalue weighted by Crippen LogP contribution is 2.36. The molecule has 8 heteroatoms. The number of carbonyl (C=O) groups excluding carboxylic acids is 1. The van der Waals surface area contributed by atoms with Gasteiger partial charge in [-0.25, -0.2) is 13.8 Å². The molecule has 0 aromatic carbocycles. The first-order valence-corrected chi connectivity index (χ1v) is 4.86. The molecule has 0 unspecified atom stereocenters. The number of aldehydes is 1. The van der Waals surface area contributed by atoms with Crippen LogP contribution in [0.1, 0.15) is 28.0 Å². The summed E-state index contributed by atoms with van der Waals surface area (Å²) >= 11 is 1.42. The highest BCUT2D eigenvalue weighted by molar-refractivity contribution is 14.1. The van der Waals surface area contributed by atoms with E-state index in [9.17, 15) is 26.7 Å². The molecular weight excluding hydrogens is 348 g/mol. The van der Waals surface area contributed by atoms with Crippen LogP contribution in [0.15, 0.2) is 6.07 Å². The van der Waals surface area contributed by atoms with E-state index in [0.29, 0.717) is 0 Å². The number of rotatable bonds is 2. The van der Waals surface area contributed by atoms with Gasteiger partial charge >= 0.3 is 6.18 Å². The van der Waals surface area contributed by atoms with Crippen LogP contribution in [0.2, 0.25) is 0 Å². The number of carbonyl (C=O) groups is 1. The fourth-order valence-corrected chi connectivity index (χ4v) is 1.66. The second-order valence-electron chi connectivity index (χ2n) is 2.71. The minimum absolute atomic E-state index is 0.0411. The molecular formula is C8H3F5INO. The van der Waals surface area contributed by atoms with Gasteiger partial charge in [-0.05, 0) is 28.7 Å². The van der Waals surface area contributed by atoms with Crippen LogP contribution in [0, 0.1) is 3.70 Å². The molecule has 0 saturated heterocycles. The van der Waals surface area contributed by atoms with E-state index in [1.165, 1.54) is 22.6 Å². The lowest BCUT2D eigenvalue weighted by atomic mass is 10.1. The molecule has 0 atom stereocenters. The molecule has 1 heterocycles. The average Bonchev–Trinajstić information content (AvgIpc) is 2.14. The highest BCUT2D eigenvalue weighted by atomic mass is 127. The molecule has 0 N–H and O–H groups in total. The zero-order valence-electron chi connectivity index (χ0n) is 7.36. The Kier molecular flexibility index (Phi) is 3.81. The summed E-state index contributed by atoms with van der Waals surface area (Å²) in [6.45, 7) is 0. The van der Waals surface area contributed by atoms with E-state index >= 15 is 0 Å². The van der Waals surface area contributed by atoms with Gasteiger partial charge in [0.05, 0.1) is 5.56 Å². The maximum absolute atomic E-state index is 12.4. The average molecular weight is 351 g/mol. The van der Waals surface area contributed by atoms with E-state index < -0.39 is 29.4 Å². The molecule has 1 aromatic rings. The lowest BCUT2D eigenvalue weighted by Crippen LogP contribution is -2.15. The highest BCUT2D eigenvalue weighted by Gasteiger charge is 2.39. The van der Waals surface area contributed by atoms with Gasteiger partial charge in [-0.1, -0.05) is 0 Å². The first-order valence-electron chi connectivity index (χ1n) is 3.78. The standard InChI is InChI=1S/C8H3F5INO/c9-7(10)5-3(2-16)1-4(14)15-6(5)8(11,12)13/h1-2,7H. The Morgan fingerprint density at radius 3 is 2.31 bits per heavy atom. The Morgan fingerprint density at radius 2 is 1.94 bits per heavy atom. The Morgan fingerprint density at radius 1 is 1.38 bits per heavy atom. The number of hydrogen-bond donors (Lipinski definition) is 0. The lowest BCUT2D eigenvalue weighted by Gasteiger charge is -2.13. The molecule has 2 nitrogen and oxygen atoms in total. The molecule has 0 aliphatic carbocycles. The third-order valence-corrected chi connectivity index (χ3v) is 2.23. The molecule has 1 aromatic heterocycles. The first kappa shape index (κ1) is 13.3. The van der Waals surface area contributed by atoms with Crippen LogP contribution >= 0.6 is 22.6 Å². The molecule has 16 heavy (non-hydrogen) atoms. The quantitative estimate of drug-likeness (QED) is 0.354. The maximum atomic E-state index is 12.4. The van der Waals surface area contributed by atoms with Crippen LogP contribution in [0.3, 0.4) is 0 Å². The summed E-state index contributed by atoms with van der Waals surface area (Å²) in [6, 6.07) is 0.879. The molecule has 0 radical (unpaired) electrons. The van der Waals surface area contributed by atoms with Gasteiger partial charge in [0.15, 0.2) is 12.0 Å². The molecule has 0 aliphatic heterocycles. The van der Waals surface area contributed by atoms with Crippen molar-refractivity contribution in [1.29, 1.82) is 0 Å². The van der Waals surface area contributed by atoms with Crippen LogP contribution < -0.4 is 0 Å². The maximum Gasteiger partial charge on any atom is 0.433 e. The third-order valence-electron chi connectivity index (χ3n) is 1.67. The van der Waals surface area contributed by atoms with Crippen molar-refractivity contribution in [3.63, 3.8) is 0 Å². The van der Waals surface area contributed by atoms with Crippen molar-refractivity contribution >= 4 is 28.9 Å². The van der Waals surface area contributed by atoms with E-state index in [1.807, 2.05) is 0 Å². The minimum atomic E-state index is -5.01. The number of nitrogens with zero attached hydrogens (tertiary/aromatic N) is 1. The van der Waals surface area contributed by atoms with Gasteiger partial charge in [0.25, 0.3) is 6.43 Å². The summed E-state index contributed by atoms with van der Waals surface area (Å²) in [5, 5.41) is 0. The third kappa shape index (κ3) is 2.66. The summed E-state index contributed by atoms with van der Waals surface area (Å²) in [5.41, 5.74) is -3.78. The molecule has 0 spiro atoms. The van der Waals surface area contributed by atoms with Crippen molar-refractivity contribution < 1.29 is 26.7 Å². The van der Waals surface area contributed by atoms with E-state index in [2.05, 4.69) is 4.98 Å². The zero-order valence-corrected chi connectivity index (χ0v) is 9.51. The van der Waals surface area contributed by atoms with E-state index in [0.717, 1.165) is 6.07 Å². The Balaban J connectivity index is 3.57. The fraction of sp³-hybridized carbons (Fsp3) is 0.250. The Bertz CT molecular complexity index is 418. The second kappa shape index (κ2) is 4.60. The van der Waals surface area contributed by atoms with Crippen molar-refractivity contribution in [2.24, 2.45) is 0 Å². The van der Waals surface area contributed by atoms with Crippen LogP contribution in [0.4, 0.5) is 22.0 Å². The van der Waals surface area contributed by atoms with Crippen molar-refractivity contribution in [3.8, 4) is 0 Å². The summed E-state index contributed by atoms with van der Waals surface area (Å²) in [7, 11) is 0. The smallest absolute Gasteiger partial charge is 0.298 e. The molecule has 88 valence electrons. The molecule has 0 aliphatic rings. The van der Waals surface area contributed by atoms with Crippen LogP contribution in [-0.2, 0) is 6.18 Å². The van der Waals surface area contributed by atoms with Gasteiger partial charge in [0.2, 0.25) is 0 Å². The fourth-order valence-electron chi connectivity index (χ4n) is 1.09. The van der Waals surface area contributed by atoms with Gasteiger partial charge in [0.1, 0.15) is 3.70 Å². The topological polar surface area (TPSA) is 30.0 Å². The number of aromatic nitrogens is 1. The monoisotopic (exact) mass is 351 g/mol. The van der Waals surface area contributed by atoms with Crippen molar-refractivity contribution in [1.82, 2.24) is 4.98 Å². The van der Waals surface area contributed by atoms with Crippen molar-refractivity contribution in [2.45, 2.75) is 12.6 Å². The SMILES string of the molecule is O=Cc1cc(I)nc(C(F)(F)F)c1C(F)F. The van der Waals surface area contributed by atoms with Gasteiger partial charge in [-0.15, -0.1) is 0 Å². The van der Waals surface area contributed by atoms with E-state index in [4.69, 9.17) is 0 Å². The molecule has 0 amide bonds. The molecule has 0 saturated carbocycles.